The van der Waals surface area contributed by atoms with Crippen molar-refractivity contribution >= 4 is 5.95 Å². The highest BCUT2D eigenvalue weighted by molar-refractivity contribution is 5.33. The first-order chi connectivity index (χ1) is 8.17. The summed E-state index contributed by atoms with van der Waals surface area (Å²) in [6.45, 7) is 2.42. The minimum absolute atomic E-state index is 0.367. The van der Waals surface area contributed by atoms with Gasteiger partial charge in [0.1, 0.15) is 11.8 Å². The van der Waals surface area contributed by atoms with Gasteiger partial charge in [-0.15, -0.1) is 0 Å². The van der Waals surface area contributed by atoms with E-state index in [0.717, 1.165) is 11.3 Å². The second-order valence-electron chi connectivity index (χ2n) is 3.71. The van der Waals surface area contributed by atoms with Gasteiger partial charge in [-0.1, -0.05) is 0 Å². The molecule has 0 saturated heterocycles. The summed E-state index contributed by atoms with van der Waals surface area (Å²) in [6.07, 6.45) is 3.68. The van der Waals surface area contributed by atoms with Gasteiger partial charge in [-0.25, -0.2) is 9.97 Å². The number of aromatic nitrogens is 4. The van der Waals surface area contributed by atoms with Crippen molar-refractivity contribution in [3.63, 3.8) is 0 Å². The van der Waals surface area contributed by atoms with Gasteiger partial charge in [0, 0.05) is 31.0 Å². The van der Waals surface area contributed by atoms with Gasteiger partial charge < -0.3 is 5.32 Å². The Kier molecular flexibility index (Phi) is 3.01. The van der Waals surface area contributed by atoms with Crippen LogP contribution in [0.2, 0.25) is 0 Å². The summed E-state index contributed by atoms with van der Waals surface area (Å²) in [7, 11) is 1.86. The van der Waals surface area contributed by atoms with E-state index >= 15 is 0 Å². The third kappa shape index (κ3) is 2.78. The third-order valence-electron chi connectivity index (χ3n) is 2.18. The number of nitrogens with zero attached hydrogens (tertiary/aromatic N) is 5. The summed E-state index contributed by atoms with van der Waals surface area (Å²) in [5, 5.41) is 15.9. The van der Waals surface area contributed by atoms with E-state index in [4.69, 9.17) is 5.26 Å². The lowest BCUT2D eigenvalue weighted by Crippen LogP contribution is -2.05. The molecule has 0 radical (unpaired) electrons. The van der Waals surface area contributed by atoms with Crippen LogP contribution in [0.1, 0.15) is 17.0 Å². The highest BCUT2D eigenvalue weighted by atomic mass is 15.2. The molecule has 2 rings (SSSR count). The predicted molar refractivity (Wildman–Crippen MR) is 62.0 cm³/mol. The average molecular weight is 228 g/mol. The summed E-state index contributed by atoms with van der Waals surface area (Å²) < 4.78 is 1.73. The largest absolute Gasteiger partial charge is 0.350 e. The van der Waals surface area contributed by atoms with Crippen molar-refractivity contribution in [2.24, 2.45) is 7.05 Å². The molecule has 0 spiro atoms. The van der Waals surface area contributed by atoms with Gasteiger partial charge in [0.2, 0.25) is 5.95 Å². The van der Waals surface area contributed by atoms with Crippen molar-refractivity contribution in [1.29, 1.82) is 5.26 Å². The lowest BCUT2D eigenvalue weighted by atomic mass is 10.3. The number of nitrogens with one attached hydrogen (secondary N) is 1. The Labute approximate surface area is 98.9 Å². The fourth-order valence-corrected chi connectivity index (χ4v) is 1.45. The van der Waals surface area contributed by atoms with Crippen LogP contribution in [0.4, 0.5) is 5.95 Å². The van der Waals surface area contributed by atoms with E-state index in [-0.39, 0.29) is 0 Å². The van der Waals surface area contributed by atoms with Crippen LogP contribution in [0.15, 0.2) is 18.5 Å². The van der Waals surface area contributed by atoms with Gasteiger partial charge in [-0.2, -0.15) is 10.4 Å². The molecule has 6 nitrogen and oxygen atoms in total. The Hall–Kier alpha value is -2.42. The van der Waals surface area contributed by atoms with Crippen LogP contribution in [-0.2, 0) is 13.6 Å². The highest BCUT2D eigenvalue weighted by Gasteiger charge is 2.02. The lowest BCUT2D eigenvalue weighted by Gasteiger charge is -2.03. The van der Waals surface area contributed by atoms with Crippen LogP contribution in [0.25, 0.3) is 0 Å². The summed E-state index contributed by atoms with van der Waals surface area (Å²) in [5.41, 5.74) is 2.17. The van der Waals surface area contributed by atoms with Gasteiger partial charge in [0.25, 0.3) is 0 Å². The van der Waals surface area contributed by atoms with Gasteiger partial charge in [-0.05, 0) is 13.0 Å². The summed E-state index contributed by atoms with van der Waals surface area (Å²) in [5.74, 6) is 0.463. The van der Waals surface area contributed by atoms with E-state index in [1.807, 2.05) is 26.2 Å². The first-order valence-electron chi connectivity index (χ1n) is 5.14. The molecule has 0 unspecified atom stereocenters. The molecule has 0 atom stereocenters. The maximum atomic E-state index is 8.79. The molecule has 0 bridgehead atoms. The van der Waals surface area contributed by atoms with Crippen LogP contribution in [-0.4, -0.2) is 19.7 Å². The fourth-order valence-electron chi connectivity index (χ4n) is 1.45. The summed E-state index contributed by atoms with van der Waals surface area (Å²) >= 11 is 0. The number of aryl methyl sites for hydroxylation is 2. The van der Waals surface area contributed by atoms with Crippen molar-refractivity contribution in [3.05, 3.63) is 35.4 Å². The number of rotatable bonds is 3. The van der Waals surface area contributed by atoms with Crippen LogP contribution in [0.3, 0.4) is 0 Å². The highest BCUT2D eigenvalue weighted by Crippen LogP contribution is 2.06. The maximum absolute atomic E-state index is 8.79. The first kappa shape index (κ1) is 11.1. The van der Waals surface area contributed by atoms with E-state index in [2.05, 4.69) is 20.4 Å². The van der Waals surface area contributed by atoms with Gasteiger partial charge in [0.15, 0.2) is 0 Å². The number of hydrogen-bond donors (Lipinski definition) is 1. The second kappa shape index (κ2) is 4.61. The summed E-state index contributed by atoms with van der Waals surface area (Å²) in [6, 6.07) is 3.65. The Bertz CT molecular complexity index is 566. The summed E-state index contributed by atoms with van der Waals surface area (Å²) in [4.78, 5) is 8.27. The predicted octanol–water partition coefficient (Wildman–Crippen LogP) is 1.00. The van der Waals surface area contributed by atoms with Crippen molar-refractivity contribution < 1.29 is 0 Å². The zero-order chi connectivity index (χ0) is 12.3. The third-order valence-corrected chi connectivity index (χ3v) is 2.18. The molecule has 0 aliphatic heterocycles. The topological polar surface area (TPSA) is 79.4 Å². The van der Waals surface area contributed by atoms with E-state index in [1.165, 1.54) is 0 Å². The number of hydrogen-bond acceptors (Lipinski definition) is 5. The Balaban J connectivity index is 2.09. The second-order valence-corrected chi connectivity index (χ2v) is 3.71. The van der Waals surface area contributed by atoms with Crippen LogP contribution < -0.4 is 5.32 Å². The zero-order valence-corrected chi connectivity index (χ0v) is 9.68. The molecule has 0 fully saturated rings. The molecule has 2 heterocycles. The fraction of sp³-hybridized carbons (Fsp3) is 0.273. The standard InChI is InChI=1S/C11H12N6/c1-8-3-10(4-12)16-11(15-8)13-5-9-6-14-17(2)7-9/h3,6-7H,5H2,1-2H3,(H,13,15,16). The average Bonchev–Trinajstić information content (AvgIpc) is 2.72. The number of anilines is 1. The van der Waals surface area contributed by atoms with Crippen molar-refractivity contribution in [3.8, 4) is 6.07 Å². The molecule has 0 aliphatic rings. The Morgan fingerprint density at radius 2 is 2.29 bits per heavy atom. The lowest BCUT2D eigenvalue weighted by molar-refractivity contribution is 0.767. The molecule has 0 aliphatic carbocycles. The van der Waals surface area contributed by atoms with Crippen LogP contribution in [0, 0.1) is 18.3 Å². The quantitative estimate of drug-likeness (QED) is 0.847. The van der Waals surface area contributed by atoms with Crippen molar-refractivity contribution in [1.82, 2.24) is 19.7 Å². The molecule has 0 aromatic carbocycles. The van der Waals surface area contributed by atoms with Crippen molar-refractivity contribution in [2.75, 3.05) is 5.32 Å². The molecule has 0 amide bonds. The molecular weight excluding hydrogens is 216 g/mol. The van der Waals surface area contributed by atoms with E-state index in [0.29, 0.717) is 18.2 Å². The minimum atomic E-state index is 0.367. The van der Waals surface area contributed by atoms with E-state index < -0.39 is 0 Å². The Morgan fingerprint density at radius 1 is 1.47 bits per heavy atom. The molecule has 86 valence electrons. The van der Waals surface area contributed by atoms with Gasteiger partial charge in [0.05, 0.1) is 6.20 Å². The van der Waals surface area contributed by atoms with Crippen LogP contribution >= 0.6 is 0 Å². The smallest absolute Gasteiger partial charge is 0.224 e. The molecule has 0 saturated carbocycles. The SMILES string of the molecule is Cc1cc(C#N)nc(NCc2cnn(C)c2)n1. The molecular formula is C11H12N6. The van der Waals surface area contributed by atoms with E-state index in [9.17, 15) is 0 Å². The van der Waals surface area contributed by atoms with Gasteiger partial charge >= 0.3 is 0 Å². The molecule has 17 heavy (non-hydrogen) atoms. The Morgan fingerprint density at radius 3 is 2.94 bits per heavy atom. The molecule has 2 aromatic heterocycles. The van der Waals surface area contributed by atoms with Crippen LogP contribution in [0.5, 0.6) is 0 Å². The first-order valence-corrected chi connectivity index (χ1v) is 5.14. The molecule has 1 N–H and O–H groups in total. The minimum Gasteiger partial charge on any atom is -0.350 e. The molecule has 2 aromatic rings. The van der Waals surface area contributed by atoms with Crippen molar-refractivity contribution in [2.45, 2.75) is 13.5 Å². The number of nitriles is 1. The maximum Gasteiger partial charge on any atom is 0.224 e. The normalized spacial score (nSPS) is 9.94. The monoisotopic (exact) mass is 228 g/mol. The zero-order valence-electron chi connectivity index (χ0n) is 9.68. The van der Waals surface area contributed by atoms with E-state index in [1.54, 1.807) is 16.9 Å². The van der Waals surface area contributed by atoms with Gasteiger partial charge in [-0.3, -0.25) is 4.68 Å². The molecule has 6 heteroatoms.